The van der Waals surface area contributed by atoms with Gasteiger partial charge >= 0.3 is 5.97 Å². The molecule has 0 saturated heterocycles. The van der Waals surface area contributed by atoms with Crippen molar-refractivity contribution in [3.8, 4) is 0 Å². The molecule has 0 radical (unpaired) electrons. The van der Waals surface area contributed by atoms with Crippen LogP contribution in [-0.4, -0.2) is 38.9 Å². The summed E-state index contributed by atoms with van der Waals surface area (Å²) in [6.45, 7) is 2.53. The molecule has 0 unspecified atom stereocenters. The van der Waals surface area contributed by atoms with Gasteiger partial charge < -0.3 is 10.1 Å². The van der Waals surface area contributed by atoms with E-state index in [-0.39, 0.29) is 16.4 Å². The molecule has 0 saturated carbocycles. The Hall–Kier alpha value is -3.00. The van der Waals surface area contributed by atoms with E-state index in [0.29, 0.717) is 16.8 Å². The van der Waals surface area contributed by atoms with Crippen LogP contribution in [-0.2, 0) is 19.4 Å². The third kappa shape index (κ3) is 5.49. The van der Waals surface area contributed by atoms with Crippen LogP contribution in [0.15, 0.2) is 47.4 Å². The first-order valence-electron chi connectivity index (χ1n) is 7.96. The lowest BCUT2D eigenvalue weighted by atomic mass is 10.1. The van der Waals surface area contributed by atoms with Crippen molar-refractivity contribution in [3.63, 3.8) is 0 Å². The van der Waals surface area contributed by atoms with Gasteiger partial charge in [0, 0.05) is 24.4 Å². The van der Waals surface area contributed by atoms with Crippen LogP contribution < -0.4 is 5.32 Å². The smallest absolute Gasteiger partial charge is 0.338 e. The van der Waals surface area contributed by atoms with Crippen molar-refractivity contribution in [3.05, 3.63) is 59.2 Å². The molecular weight excluding hydrogens is 370 g/mol. The molecule has 2 aromatic carbocycles. The number of carbonyl (C=O) groups excluding carboxylic acids is 3. The number of esters is 1. The van der Waals surface area contributed by atoms with E-state index in [1.165, 1.54) is 37.3 Å². The number of amides is 1. The van der Waals surface area contributed by atoms with Crippen molar-refractivity contribution >= 4 is 33.2 Å². The highest BCUT2D eigenvalue weighted by molar-refractivity contribution is 7.90. The summed E-state index contributed by atoms with van der Waals surface area (Å²) in [5.74, 6) is -1.43. The Labute approximate surface area is 157 Å². The van der Waals surface area contributed by atoms with Crippen LogP contribution in [0.2, 0.25) is 0 Å². The van der Waals surface area contributed by atoms with E-state index >= 15 is 0 Å². The number of nitrogens with one attached hydrogen (secondary N) is 1. The van der Waals surface area contributed by atoms with E-state index in [4.69, 9.17) is 4.74 Å². The first kappa shape index (κ1) is 20.3. The maximum Gasteiger partial charge on any atom is 0.338 e. The molecule has 0 aliphatic rings. The molecule has 0 aromatic heterocycles. The van der Waals surface area contributed by atoms with Gasteiger partial charge in [-0.05, 0) is 48.9 Å². The summed E-state index contributed by atoms with van der Waals surface area (Å²) in [7, 11) is -3.47. The number of anilines is 1. The van der Waals surface area contributed by atoms with Crippen LogP contribution in [0.3, 0.4) is 0 Å². The molecular formula is C19H19NO6S. The predicted molar refractivity (Wildman–Crippen MR) is 99.6 cm³/mol. The third-order valence-electron chi connectivity index (χ3n) is 3.72. The monoisotopic (exact) mass is 389 g/mol. The topological polar surface area (TPSA) is 107 Å². The van der Waals surface area contributed by atoms with Gasteiger partial charge in [-0.1, -0.05) is 6.07 Å². The Bertz CT molecular complexity index is 993. The number of aryl methyl sites for hydroxylation is 1. The van der Waals surface area contributed by atoms with Crippen LogP contribution in [0.5, 0.6) is 0 Å². The Kier molecular flexibility index (Phi) is 6.12. The normalized spacial score (nSPS) is 10.9. The van der Waals surface area contributed by atoms with Gasteiger partial charge in [0.2, 0.25) is 5.91 Å². The van der Waals surface area contributed by atoms with Crippen LogP contribution in [0.25, 0.3) is 0 Å². The molecule has 1 N–H and O–H groups in total. The molecule has 8 heteroatoms. The van der Waals surface area contributed by atoms with Crippen molar-refractivity contribution in [2.45, 2.75) is 18.7 Å². The van der Waals surface area contributed by atoms with Gasteiger partial charge in [-0.3, -0.25) is 9.59 Å². The zero-order valence-corrected chi connectivity index (χ0v) is 15.9. The lowest BCUT2D eigenvalue weighted by Crippen LogP contribution is -2.15. The van der Waals surface area contributed by atoms with Crippen molar-refractivity contribution in [2.75, 3.05) is 18.2 Å². The highest BCUT2D eigenvalue weighted by atomic mass is 32.2. The zero-order valence-electron chi connectivity index (χ0n) is 15.1. The van der Waals surface area contributed by atoms with Crippen molar-refractivity contribution in [2.24, 2.45) is 0 Å². The zero-order chi connectivity index (χ0) is 20.2. The van der Waals surface area contributed by atoms with Crippen molar-refractivity contribution < 1.29 is 27.5 Å². The molecule has 0 spiro atoms. The maximum atomic E-state index is 12.2. The fourth-order valence-corrected chi connectivity index (χ4v) is 2.93. The minimum absolute atomic E-state index is 0.0000587. The summed E-state index contributed by atoms with van der Waals surface area (Å²) < 4.78 is 28.3. The number of sulfone groups is 1. The summed E-state index contributed by atoms with van der Waals surface area (Å²) in [5, 5.41) is 2.58. The summed E-state index contributed by atoms with van der Waals surface area (Å²) in [6, 6.07) is 10.3. The molecule has 7 nitrogen and oxygen atoms in total. The van der Waals surface area contributed by atoms with E-state index in [2.05, 4.69) is 5.32 Å². The minimum Gasteiger partial charge on any atom is -0.454 e. The molecule has 2 aromatic rings. The van der Waals surface area contributed by atoms with Gasteiger partial charge in [-0.25, -0.2) is 13.2 Å². The molecule has 0 fully saturated rings. The van der Waals surface area contributed by atoms with Gasteiger partial charge in [0.15, 0.2) is 22.2 Å². The van der Waals surface area contributed by atoms with Crippen LogP contribution in [0.4, 0.5) is 5.69 Å². The third-order valence-corrected chi connectivity index (χ3v) is 4.83. The first-order chi connectivity index (χ1) is 12.6. The second kappa shape index (κ2) is 8.13. The number of rotatable bonds is 6. The maximum absolute atomic E-state index is 12.2. The fourth-order valence-electron chi connectivity index (χ4n) is 2.29. The lowest BCUT2D eigenvalue weighted by molar-refractivity contribution is -0.114. The van der Waals surface area contributed by atoms with Crippen LogP contribution in [0, 0.1) is 6.92 Å². The standard InChI is InChI=1S/C19H19NO6S/c1-12-4-9-16(27(3,24)25)10-17(12)19(23)26-11-18(22)14-5-7-15(8-6-14)20-13(2)21/h4-10H,11H2,1-3H3,(H,20,21). The van der Waals surface area contributed by atoms with E-state index in [1.807, 2.05) is 0 Å². The second-order valence-corrected chi connectivity index (χ2v) is 8.02. The van der Waals surface area contributed by atoms with E-state index in [0.717, 1.165) is 6.26 Å². The Morgan fingerprint density at radius 2 is 1.67 bits per heavy atom. The van der Waals surface area contributed by atoms with E-state index in [9.17, 15) is 22.8 Å². The summed E-state index contributed by atoms with van der Waals surface area (Å²) >= 11 is 0. The van der Waals surface area contributed by atoms with Gasteiger partial charge in [-0.2, -0.15) is 0 Å². The molecule has 0 atom stereocenters. The molecule has 0 aliphatic heterocycles. The largest absolute Gasteiger partial charge is 0.454 e. The molecule has 2 rings (SSSR count). The molecule has 1 amide bonds. The van der Waals surface area contributed by atoms with Gasteiger partial charge in [0.25, 0.3) is 0 Å². The Balaban J connectivity index is 2.07. The predicted octanol–water partition coefficient (Wildman–Crippen LogP) is 2.40. The van der Waals surface area contributed by atoms with E-state index in [1.54, 1.807) is 19.1 Å². The molecule has 0 heterocycles. The van der Waals surface area contributed by atoms with Crippen LogP contribution >= 0.6 is 0 Å². The van der Waals surface area contributed by atoms with Gasteiger partial charge in [-0.15, -0.1) is 0 Å². The van der Waals surface area contributed by atoms with Crippen molar-refractivity contribution in [1.82, 2.24) is 0 Å². The minimum atomic E-state index is -3.47. The van der Waals surface area contributed by atoms with Gasteiger partial charge in [0.1, 0.15) is 0 Å². The average Bonchev–Trinajstić information content (AvgIpc) is 2.59. The molecule has 27 heavy (non-hydrogen) atoms. The number of ether oxygens (including phenoxy) is 1. The van der Waals surface area contributed by atoms with E-state index < -0.39 is 28.2 Å². The number of ketones is 1. The molecule has 0 aliphatic carbocycles. The average molecular weight is 389 g/mol. The Morgan fingerprint density at radius 1 is 1.04 bits per heavy atom. The van der Waals surface area contributed by atoms with Gasteiger partial charge in [0.05, 0.1) is 10.5 Å². The Morgan fingerprint density at radius 3 is 2.22 bits per heavy atom. The number of benzene rings is 2. The summed E-state index contributed by atoms with van der Waals surface area (Å²) in [5.41, 5.74) is 1.49. The number of hydrogen-bond donors (Lipinski definition) is 1. The van der Waals surface area contributed by atoms with Crippen molar-refractivity contribution in [1.29, 1.82) is 0 Å². The molecule has 0 bridgehead atoms. The number of Topliss-reactive ketones (excluding diaryl/α,β-unsaturated/α-hetero) is 1. The highest BCUT2D eigenvalue weighted by Crippen LogP contribution is 2.17. The van der Waals surface area contributed by atoms with Crippen LogP contribution in [0.1, 0.15) is 33.2 Å². The summed E-state index contributed by atoms with van der Waals surface area (Å²) in [6.07, 6.45) is 1.04. The number of carbonyl (C=O) groups is 3. The summed E-state index contributed by atoms with van der Waals surface area (Å²) in [4.78, 5) is 35.4. The quantitative estimate of drug-likeness (QED) is 0.601. The SMILES string of the molecule is CC(=O)Nc1ccc(C(=O)COC(=O)c2cc(S(C)(=O)=O)ccc2C)cc1. The lowest BCUT2D eigenvalue weighted by Gasteiger charge is -2.09. The fraction of sp³-hybridized carbons (Fsp3) is 0.211. The second-order valence-electron chi connectivity index (χ2n) is 6.01. The highest BCUT2D eigenvalue weighted by Gasteiger charge is 2.17. The number of hydrogen-bond acceptors (Lipinski definition) is 6. The first-order valence-corrected chi connectivity index (χ1v) is 9.86. The molecule has 142 valence electrons.